The second-order valence-electron chi connectivity index (χ2n) is 2.98. The van der Waals surface area contributed by atoms with Crippen LogP contribution in [0.25, 0.3) is 11.3 Å². The number of rotatable bonds is 2. The van der Waals surface area contributed by atoms with Gasteiger partial charge in [-0.2, -0.15) is 0 Å². The molecule has 0 aliphatic carbocycles. The molecule has 0 fully saturated rings. The van der Waals surface area contributed by atoms with E-state index in [9.17, 15) is 4.79 Å². The number of aromatic nitrogens is 3. The molecule has 0 aliphatic rings. The van der Waals surface area contributed by atoms with Crippen molar-refractivity contribution in [1.82, 2.24) is 15.0 Å². The second kappa shape index (κ2) is 3.91. The Morgan fingerprint density at radius 2 is 2.20 bits per heavy atom. The molecular weight excluding hydrogens is 192 g/mol. The minimum Gasteiger partial charge on any atom is -0.373 e. The monoisotopic (exact) mass is 202 g/mol. The van der Waals surface area contributed by atoms with Crippen LogP contribution in [0.5, 0.6) is 0 Å². The highest BCUT2D eigenvalue weighted by molar-refractivity contribution is 5.60. The van der Waals surface area contributed by atoms with Crippen molar-refractivity contribution in [2.24, 2.45) is 0 Å². The van der Waals surface area contributed by atoms with Crippen molar-refractivity contribution in [2.75, 3.05) is 12.4 Å². The van der Waals surface area contributed by atoms with E-state index in [0.29, 0.717) is 0 Å². The molecule has 0 atom stereocenters. The first-order chi connectivity index (χ1) is 7.29. The van der Waals surface area contributed by atoms with Crippen LogP contribution in [-0.4, -0.2) is 22.0 Å². The van der Waals surface area contributed by atoms with E-state index in [2.05, 4.69) is 20.3 Å². The zero-order valence-corrected chi connectivity index (χ0v) is 8.19. The van der Waals surface area contributed by atoms with Gasteiger partial charge in [-0.3, -0.25) is 4.79 Å². The van der Waals surface area contributed by atoms with Crippen molar-refractivity contribution in [3.8, 4) is 11.3 Å². The number of nitrogens with zero attached hydrogens (tertiary/aromatic N) is 2. The molecule has 0 amide bonds. The van der Waals surface area contributed by atoms with Gasteiger partial charge < -0.3 is 10.3 Å². The summed E-state index contributed by atoms with van der Waals surface area (Å²) in [5, 5.41) is 2.93. The summed E-state index contributed by atoms with van der Waals surface area (Å²) in [5.41, 5.74) is 1.50. The Bertz CT molecular complexity index is 500. The first-order valence-electron chi connectivity index (χ1n) is 4.48. The molecule has 5 heteroatoms. The van der Waals surface area contributed by atoms with Gasteiger partial charge in [-0.15, -0.1) is 0 Å². The smallest absolute Gasteiger partial charge is 0.247 e. The molecule has 0 saturated carbocycles. The van der Waals surface area contributed by atoms with E-state index in [1.54, 1.807) is 19.3 Å². The first-order valence-corrected chi connectivity index (χ1v) is 4.48. The van der Waals surface area contributed by atoms with Gasteiger partial charge >= 0.3 is 0 Å². The number of anilines is 1. The standard InChI is InChI=1S/C10H10N4O/c1-11-9-4-8(13-6-14-9)7-2-3-10(15)12-5-7/h2-6H,1H3,(H,12,15)(H,11,13,14). The van der Waals surface area contributed by atoms with Gasteiger partial charge in [0, 0.05) is 30.9 Å². The van der Waals surface area contributed by atoms with Crippen LogP contribution in [0.3, 0.4) is 0 Å². The lowest BCUT2D eigenvalue weighted by Gasteiger charge is -2.02. The van der Waals surface area contributed by atoms with E-state index in [0.717, 1.165) is 17.1 Å². The highest BCUT2D eigenvalue weighted by atomic mass is 16.1. The van der Waals surface area contributed by atoms with Crippen LogP contribution in [0.15, 0.2) is 35.5 Å². The van der Waals surface area contributed by atoms with Crippen LogP contribution in [-0.2, 0) is 0 Å². The van der Waals surface area contributed by atoms with E-state index in [1.807, 2.05) is 6.07 Å². The molecule has 76 valence electrons. The minimum atomic E-state index is -0.123. The van der Waals surface area contributed by atoms with Crippen molar-refractivity contribution in [3.63, 3.8) is 0 Å². The van der Waals surface area contributed by atoms with Crippen LogP contribution < -0.4 is 10.9 Å². The van der Waals surface area contributed by atoms with Gasteiger partial charge in [0.25, 0.3) is 0 Å². The third-order valence-electron chi connectivity index (χ3n) is 2.00. The molecule has 0 aromatic carbocycles. The molecule has 0 aliphatic heterocycles. The maximum atomic E-state index is 10.9. The molecule has 0 spiro atoms. The SMILES string of the molecule is CNc1cc(-c2ccc(=O)[nH]c2)ncn1. The Kier molecular flexibility index (Phi) is 2.45. The highest BCUT2D eigenvalue weighted by Gasteiger charge is 2.00. The molecule has 0 saturated heterocycles. The van der Waals surface area contributed by atoms with Crippen molar-refractivity contribution < 1.29 is 0 Å². The third kappa shape index (κ3) is 2.01. The lowest BCUT2D eigenvalue weighted by atomic mass is 10.2. The summed E-state index contributed by atoms with van der Waals surface area (Å²) in [7, 11) is 1.79. The summed E-state index contributed by atoms with van der Waals surface area (Å²) in [6, 6.07) is 5.00. The van der Waals surface area contributed by atoms with Gasteiger partial charge in [-0.25, -0.2) is 9.97 Å². The first kappa shape index (κ1) is 9.39. The van der Waals surface area contributed by atoms with Crippen LogP contribution >= 0.6 is 0 Å². The van der Waals surface area contributed by atoms with E-state index in [1.165, 1.54) is 12.4 Å². The molecule has 2 aromatic rings. The average molecular weight is 202 g/mol. The summed E-state index contributed by atoms with van der Waals surface area (Å²) in [4.78, 5) is 21.6. The number of hydrogen-bond donors (Lipinski definition) is 2. The van der Waals surface area contributed by atoms with E-state index in [4.69, 9.17) is 0 Å². The van der Waals surface area contributed by atoms with Crippen LogP contribution in [0.4, 0.5) is 5.82 Å². The zero-order valence-electron chi connectivity index (χ0n) is 8.19. The van der Waals surface area contributed by atoms with Gasteiger partial charge in [0.2, 0.25) is 5.56 Å². The summed E-state index contributed by atoms with van der Waals surface area (Å²) < 4.78 is 0. The Hall–Kier alpha value is -2.17. The van der Waals surface area contributed by atoms with Crippen molar-refractivity contribution in [2.45, 2.75) is 0 Å². The number of pyridine rings is 1. The van der Waals surface area contributed by atoms with Crippen molar-refractivity contribution >= 4 is 5.82 Å². The Morgan fingerprint density at radius 1 is 1.33 bits per heavy atom. The quantitative estimate of drug-likeness (QED) is 0.758. The third-order valence-corrected chi connectivity index (χ3v) is 2.00. The minimum absolute atomic E-state index is 0.123. The fraction of sp³-hybridized carbons (Fsp3) is 0.100. The van der Waals surface area contributed by atoms with E-state index >= 15 is 0 Å². The number of H-pyrrole nitrogens is 1. The summed E-state index contributed by atoms with van der Waals surface area (Å²) in [6.07, 6.45) is 3.11. The highest BCUT2D eigenvalue weighted by Crippen LogP contribution is 2.15. The molecular formula is C10H10N4O. The van der Waals surface area contributed by atoms with Gasteiger partial charge in [-0.05, 0) is 6.07 Å². The fourth-order valence-corrected chi connectivity index (χ4v) is 1.22. The molecule has 0 radical (unpaired) electrons. The summed E-state index contributed by atoms with van der Waals surface area (Å²) in [6.45, 7) is 0. The molecule has 2 rings (SSSR count). The van der Waals surface area contributed by atoms with Crippen LogP contribution in [0.1, 0.15) is 0 Å². The molecule has 15 heavy (non-hydrogen) atoms. The van der Waals surface area contributed by atoms with Gasteiger partial charge in [0.15, 0.2) is 0 Å². The van der Waals surface area contributed by atoms with Crippen molar-refractivity contribution in [1.29, 1.82) is 0 Å². The van der Waals surface area contributed by atoms with Gasteiger partial charge in [0.05, 0.1) is 5.69 Å². The van der Waals surface area contributed by atoms with E-state index < -0.39 is 0 Å². The molecule has 2 N–H and O–H groups in total. The number of nitrogens with one attached hydrogen (secondary N) is 2. The Labute approximate surface area is 86.2 Å². The molecule has 2 aromatic heterocycles. The van der Waals surface area contributed by atoms with Crippen LogP contribution in [0, 0.1) is 0 Å². The summed E-state index contributed by atoms with van der Waals surface area (Å²) in [5.74, 6) is 0.742. The fourth-order valence-electron chi connectivity index (χ4n) is 1.22. The Morgan fingerprint density at radius 3 is 2.87 bits per heavy atom. The maximum absolute atomic E-state index is 10.9. The molecule has 0 unspecified atom stereocenters. The second-order valence-corrected chi connectivity index (χ2v) is 2.98. The largest absolute Gasteiger partial charge is 0.373 e. The molecule has 0 bridgehead atoms. The van der Waals surface area contributed by atoms with Gasteiger partial charge in [0.1, 0.15) is 12.1 Å². The number of hydrogen-bond acceptors (Lipinski definition) is 4. The summed E-state index contributed by atoms with van der Waals surface area (Å²) >= 11 is 0. The normalized spacial score (nSPS) is 9.93. The molecule has 5 nitrogen and oxygen atoms in total. The zero-order chi connectivity index (χ0) is 10.7. The van der Waals surface area contributed by atoms with E-state index in [-0.39, 0.29) is 5.56 Å². The topological polar surface area (TPSA) is 70.7 Å². The van der Waals surface area contributed by atoms with Gasteiger partial charge in [-0.1, -0.05) is 0 Å². The Balaban J connectivity index is 2.44. The maximum Gasteiger partial charge on any atom is 0.247 e. The molecule has 2 heterocycles. The lowest BCUT2D eigenvalue weighted by molar-refractivity contribution is 1.15. The number of aromatic amines is 1. The lowest BCUT2D eigenvalue weighted by Crippen LogP contribution is -2.02. The average Bonchev–Trinajstić information content (AvgIpc) is 2.30. The van der Waals surface area contributed by atoms with Crippen LogP contribution in [0.2, 0.25) is 0 Å². The predicted molar refractivity (Wildman–Crippen MR) is 57.6 cm³/mol. The van der Waals surface area contributed by atoms with Crippen molar-refractivity contribution in [3.05, 3.63) is 41.1 Å². The predicted octanol–water partition coefficient (Wildman–Crippen LogP) is 0.874.